The summed E-state index contributed by atoms with van der Waals surface area (Å²) < 4.78 is 0. The first kappa shape index (κ1) is 19.4. The summed E-state index contributed by atoms with van der Waals surface area (Å²) in [6.07, 6.45) is 1.94. The topological polar surface area (TPSA) is 49.3 Å². The third kappa shape index (κ3) is 6.55. The molecule has 0 aliphatic heterocycles. The predicted molar refractivity (Wildman–Crippen MR) is 99.6 cm³/mol. The van der Waals surface area contributed by atoms with Crippen LogP contribution in [0.1, 0.15) is 36.2 Å². The molecule has 4 heteroatoms. The molecule has 0 aromatic heterocycles. The van der Waals surface area contributed by atoms with Gasteiger partial charge in [0.2, 0.25) is 0 Å². The predicted octanol–water partition coefficient (Wildman–Crippen LogP) is 4.15. The highest BCUT2D eigenvalue weighted by atomic mass is 79.9. The molecule has 0 unspecified atom stereocenters. The number of hydrogen-bond acceptors (Lipinski definition) is 3. The average molecular weight is 378 g/mol. The highest BCUT2D eigenvalue weighted by Gasteiger charge is 2.18. The minimum absolute atomic E-state index is 0. The fraction of sp³-hybridized carbons (Fsp3) is 0.316. The molecule has 3 nitrogen and oxygen atoms in total. The van der Waals surface area contributed by atoms with Crippen molar-refractivity contribution >= 4 is 22.8 Å². The van der Waals surface area contributed by atoms with E-state index in [0.717, 1.165) is 12.8 Å². The van der Waals surface area contributed by atoms with Gasteiger partial charge in [-0.1, -0.05) is 30.3 Å². The van der Waals surface area contributed by atoms with E-state index in [-0.39, 0.29) is 34.1 Å². The first-order chi connectivity index (χ1) is 10.5. The van der Waals surface area contributed by atoms with Crippen LogP contribution in [0.15, 0.2) is 54.6 Å². The number of phenols is 1. The zero-order chi connectivity index (χ0) is 16.0. The first-order valence-corrected chi connectivity index (χ1v) is 7.57. The quantitative estimate of drug-likeness (QED) is 0.712. The Labute approximate surface area is 148 Å². The molecule has 2 N–H and O–H groups in total. The number of ketones is 1. The molecule has 124 valence electrons. The van der Waals surface area contributed by atoms with Gasteiger partial charge in [0.15, 0.2) is 5.78 Å². The molecule has 0 heterocycles. The van der Waals surface area contributed by atoms with Crippen LogP contribution in [0.2, 0.25) is 0 Å². The summed E-state index contributed by atoms with van der Waals surface area (Å²) in [6.45, 7) is 4.52. The molecular weight excluding hydrogens is 354 g/mol. The largest absolute Gasteiger partial charge is 0.508 e. The molecule has 0 spiro atoms. The fourth-order valence-corrected chi connectivity index (χ4v) is 2.26. The second-order valence-corrected chi connectivity index (χ2v) is 6.19. The molecule has 0 radical (unpaired) electrons. The Balaban J connectivity index is 0.00000264. The number of aromatic hydroxyl groups is 1. The lowest BCUT2D eigenvalue weighted by Crippen LogP contribution is -2.42. The average Bonchev–Trinajstić information content (AvgIpc) is 2.53. The monoisotopic (exact) mass is 377 g/mol. The van der Waals surface area contributed by atoms with Crippen LogP contribution in [0.3, 0.4) is 0 Å². The van der Waals surface area contributed by atoms with Gasteiger partial charge in [0.1, 0.15) is 5.75 Å². The Bertz CT molecular complexity index is 609. The van der Waals surface area contributed by atoms with E-state index in [4.69, 9.17) is 0 Å². The molecule has 2 aromatic rings. The van der Waals surface area contributed by atoms with Crippen LogP contribution in [0.25, 0.3) is 0 Å². The lowest BCUT2D eigenvalue weighted by atomic mass is 9.95. The number of rotatable bonds is 7. The van der Waals surface area contributed by atoms with Crippen molar-refractivity contribution in [2.24, 2.45) is 0 Å². The van der Waals surface area contributed by atoms with Crippen LogP contribution in [0.4, 0.5) is 0 Å². The summed E-state index contributed by atoms with van der Waals surface area (Å²) in [7, 11) is 0. The standard InChI is InChI=1S/C19H23NO2.BrH/c1-19(2,13-12-15-6-4-3-5-7-15)20-14-18(22)16-8-10-17(21)11-9-16;/h3-11,20-21H,12-14H2,1-2H3;1H. The van der Waals surface area contributed by atoms with Crippen molar-refractivity contribution in [3.8, 4) is 5.75 Å². The van der Waals surface area contributed by atoms with Gasteiger partial charge in [-0.05, 0) is 56.5 Å². The van der Waals surface area contributed by atoms with Crippen LogP contribution in [-0.2, 0) is 6.42 Å². The summed E-state index contributed by atoms with van der Waals surface area (Å²) in [5.74, 6) is 0.209. The van der Waals surface area contributed by atoms with E-state index in [1.54, 1.807) is 12.1 Å². The number of phenolic OH excluding ortho intramolecular Hbond substituents is 1. The Morgan fingerprint density at radius 1 is 1.04 bits per heavy atom. The maximum absolute atomic E-state index is 12.1. The highest BCUT2D eigenvalue weighted by Crippen LogP contribution is 2.14. The lowest BCUT2D eigenvalue weighted by molar-refractivity contribution is 0.0979. The molecule has 0 aliphatic rings. The van der Waals surface area contributed by atoms with Gasteiger partial charge in [-0.15, -0.1) is 17.0 Å². The molecule has 0 saturated carbocycles. The molecule has 0 fully saturated rings. The minimum Gasteiger partial charge on any atom is -0.508 e. The number of Topliss-reactive ketones (excluding diaryl/α,β-unsaturated/α-hetero) is 1. The van der Waals surface area contributed by atoms with Gasteiger partial charge in [0, 0.05) is 11.1 Å². The van der Waals surface area contributed by atoms with Gasteiger partial charge in [-0.2, -0.15) is 0 Å². The van der Waals surface area contributed by atoms with Crippen molar-refractivity contribution in [2.45, 2.75) is 32.2 Å². The molecular formula is C19H24BrNO2. The molecule has 23 heavy (non-hydrogen) atoms. The number of halogens is 1. The zero-order valence-corrected chi connectivity index (χ0v) is 15.3. The molecule has 2 rings (SSSR count). The van der Waals surface area contributed by atoms with Gasteiger partial charge >= 0.3 is 0 Å². The maximum Gasteiger partial charge on any atom is 0.176 e. The molecule has 2 aromatic carbocycles. The molecule has 0 aliphatic carbocycles. The van der Waals surface area contributed by atoms with Crippen molar-refractivity contribution in [3.05, 3.63) is 65.7 Å². The second-order valence-electron chi connectivity index (χ2n) is 6.19. The Morgan fingerprint density at radius 3 is 2.26 bits per heavy atom. The summed E-state index contributed by atoms with van der Waals surface area (Å²) in [5, 5.41) is 12.6. The van der Waals surface area contributed by atoms with Crippen LogP contribution >= 0.6 is 17.0 Å². The molecule has 0 bridgehead atoms. The van der Waals surface area contributed by atoms with Crippen molar-refractivity contribution in [1.29, 1.82) is 0 Å². The SMILES string of the molecule is Br.CC(C)(CCc1ccccc1)NCC(=O)c1ccc(O)cc1. The van der Waals surface area contributed by atoms with E-state index < -0.39 is 0 Å². The van der Waals surface area contributed by atoms with Crippen molar-refractivity contribution in [1.82, 2.24) is 5.32 Å². The summed E-state index contributed by atoms with van der Waals surface area (Å²) in [6, 6.07) is 16.7. The van der Waals surface area contributed by atoms with Crippen molar-refractivity contribution in [3.63, 3.8) is 0 Å². The number of aryl methyl sites for hydroxylation is 1. The van der Waals surface area contributed by atoms with Crippen molar-refractivity contribution in [2.75, 3.05) is 6.54 Å². The number of nitrogens with one attached hydrogen (secondary N) is 1. The van der Waals surface area contributed by atoms with E-state index in [1.165, 1.54) is 17.7 Å². The summed E-state index contributed by atoms with van der Waals surface area (Å²) >= 11 is 0. The summed E-state index contributed by atoms with van der Waals surface area (Å²) in [5.41, 5.74) is 1.81. The van der Waals surface area contributed by atoms with E-state index in [0.29, 0.717) is 12.1 Å². The smallest absolute Gasteiger partial charge is 0.176 e. The van der Waals surface area contributed by atoms with E-state index in [2.05, 4.69) is 31.3 Å². The Kier molecular flexibility index (Phi) is 7.46. The number of hydrogen-bond donors (Lipinski definition) is 2. The fourth-order valence-electron chi connectivity index (χ4n) is 2.26. The normalized spacial score (nSPS) is 10.9. The maximum atomic E-state index is 12.1. The van der Waals surface area contributed by atoms with Crippen LogP contribution < -0.4 is 5.32 Å². The second kappa shape index (κ2) is 8.85. The van der Waals surface area contributed by atoms with Crippen molar-refractivity contribution < 1.29 is 9.90 Å². The highest BCUT2D eigenvalue weighted by molar-refractivity contribution is 8.93. The zero-order valence-electron chi connectivity index (χ0n) is 13.6. The molecule has 0 amide bonds. The van der Waals surface area contributed by atoms with Crippen LogP contribution in [0.5, 0.6) is 5.75 Å². The third-order valence-electron chi connectivity index (χ3n) is 3.80. The minimum atomic E-state index is -0.109. The van der Waals surface area contributed by atoms with E-state index in [1.807, 2.05) is 18.2 Å². The van der Waals surface area contributed by atoms with Gasteiger partial charge in [0.05, 0.1) is 6.54 Å². The lowest BCUT2D eigenvalue weighted by Gasteiger charge is -2.26. The number of carbonyl (C=O) groups excluding carboxylic acids is 1. The van der Waals surface area contributed by atoms with E-state index in [9.17, 15) is 9.90 Å². The van der Waals surface area contributed by atoms with Crippen LogP contribution in [0, 0.1) is 0 Å². The van der Waals surface area contributed by atoms with Gasteiger partial charge in [-0.25, -0.2) is 0 Å². The van der Waals surface area contributed by atoms with E-state index >= 15 is 0 Å². The van der Waals surface area contributed by atoms with Crippen LogP contribution in [-0.4, -0.2) is 23.0 Å². The first-order valence-electron chi connectivity index (χ1n) is 7.57. The Hall–Kier alpha value is -1.65. The number of benzene rings is 2. The third-order valence-corrected chi connectivity index (χ3v) is 3.80. The van der Waals surface area contributed by atoms with Gasteiger partial charge < -0.3 is 10.4 Å². The summed E-state index contributed by atoms with van der Waals surface area (Å²) in [4.78, 5) is 12.1. The van der Waals surface area contributed by atoms with Gasteiger partial charge in [-0.3, -0.25) is 4.79 Å². The molecule has 0 atom stereocenters. The number of carbonyl (C=O) groups is 1. The Morgan fingerprint density at radius 2 is 1.65 bits per heavy atom. The van der Waals surface area contributed by atoms with Gasteiger partial charge in [0.25, 0.3) is 0 Å². The molecule has 0 saturated heterocycles.